The van der Waals surface area contributed by atoms with Gasteiger partial charge in [-0.1, -0.05) is 12.1 Å². The molecule has 116 valence electrons. The van der Waals surface area contributed by atoms with Crippen molar-refractivity contribution < 1.29 is 9.18 Å². The number of halogens is 1. The van der Waals surface area contributed by atoms with Crippen LogP contribution >= 0.6 is 0 Å². The van der Waals surface area contributed by atoms with Crippen molar-refractivity contribution in [2.45, 2.75) is 13.8 Å². The number of amides is 1. The average Bonchev–Trinajstić information content (AvgIpc) is 2.54. The number of nitrogens with one attached hydrogen (secondary N) is 2. The fourth-order valence-electron chi connectivity index (χ4n) is 1.93. The topological polar surface area (TPSA) is 64.9 Å². The number of carbonyl (C=O) groups excluding carboxylic acids is 1. The van der Waals surface area contributed by atoms with Crippen LogP contribution in [0.25, 0.3) is 0 Å². The predicted octanol–water partition coefficient (Wildman–Crippen LogP) is 3.90. The van der Waals surface area contributed by atoms with E-state index in [2.05, 4.69) is 10.6 Å². The van der Waals surface area contributed by atoms with E-state index in [-0.39, 0.29) is 11.4 Å². The number of carbonyl (C=O) groups is 1. The van der Waals surface area contributed by atoms with Gasteiger partial charge in [0.2, 0.25) is 0 Å². The second-order valence-corrected chi connectivity index (χ2v) is 5.02. The van der Waals surface area contributed by atoms with Gasteiger partial charge in [-0.05, 0) is 55.3 Å². The van der Waals surface area contributed by atoms with E-state index in [0.29, 0.717) is 11.4 Å². The van der Waals surface area contributed by atoms with Crippen LogP contribution in [0.15, 0.2) is 54.2 Å². The Kier molecular flexibility index (Phi) is 5.11. The number of benzene rings is 2. The number of hydrogen-bond acceptors (Lipinski definition) is 3. The summed E-state index contributed by atoms with van der Waals surface area (Å²) in [6, 6.07) is 13.0. The molecule has 1 amide bonds. The highest BCUT2D eigenvalue weighted by atomic mass is 19.1. The van der Waals surface area contributed by atoms with Gasteiger partial charge >= 0.3 is 0 Å². The number of nitrogens with zero attached hydrogens (tertiary/aromatic N) is 1. The van der Waals surface area contributed by atoms with E-state index in [1.54, 1.807) is 6.07 Å². The smallest absolute Gasteiger partial charge is 0.267 e. The van der Waals surface area contributed by atoms with Crippen molar-refractivity contribution in [3.8, 4) is 6.07 Å². The zero-order valence-corrected chi connectivity index (χ0v) is 12.9. The van der Waals surface area contributed by atoms with Crippen molar-refractivity contribution in [3.05, 3.63) is 71.2 Å². The molecule has 0 bridgehead atoms. The second-order valence-electron chi connectivity index (χ2n) is 5.02. The Balaban J connectivity index is 2.12. The van der Waals surface area contributed by atoms with Crippen LogP contribution in [0.5, 0.6) is 0 Å². The molecule has 2 aromatic rings. The summed E-state index contributed by atoms with van der Waals surface area (Å²) in [5.41, 5.74) is 3.17. The normalized spacial score (nSPS) is 10.8. The molecule has 0 aliphatic carbocycles. The number of anilines is 2. The minimum absolute atomic E-state index is 0.0739. The van der Waals surface area contributed by atoms with Crippen molar-refractivity contribution in [1.82, 2.24) is 0 Å². The maximum atomic E-state index is 12.8. The highest BCUT2D eigenvalue weighted by Gasteiger charge is 2.11. The van der Waals surface area contributed by atoms with E-state index in [1.165, 1.54) is 30.5 Å². The third-order valence-corrected chi connectivity index (χ3v) is 3.45. The van der Waals surface area contributed by atoms with Crippen LogP contribution in [0, 0.1) is 31.0 Å². The molecule has 0 saturated carbocycles. The molecule has 0 radical (unpaired) electrons. The summed E-state index contributed by atoms with van der Waals surface area (Å²) < 4.78 is 12.8. The lowest BCUT2D eigenvalue weighted by Crippen LogP contribution is -2.15. The number of nitriles is 1. The van der Waals surface area contributed by atoms with Crippen molar-refractivity contribution in [3.63, 3.8) is 0 Å². The molecule has 0 fully saturated rings. The van der Waals surface area contributed by atoms with Crippen LogP contribution in [-0.2, 0) is 4.79 Å². The molecular weight excluding hydrogens is 293 g/mol. The molecule has 0 aliphatic rings. The van der Waals surface area contributed by atoms with Crippen LogP contribution in [0.2, 0.25) is 0 Å². The summed E-state index contributed by atoms with van der Waals surface area (Å²) in [6.45, 7) is 3.85. The van der Waals surface area contributed by atoms with Gasteiger partial charge in [-0.25, -0.2) is 4.39 Å². The lowest BCUT2D eigenvalue weighted by molar-refractivity contribution is -0.112. The molecule has 23 heavy (non-hydrogen) atoms. The molecule has 0 aromatic heterocycles. The quantitative estimate of drug-likeness (QED) is 0.665. The zero-order chi connectivity index (χ0) is 16.8. The molecule has 2 N–H and O–H groups in total. The van der Waals surface area contributed by atoms with Crippen LogP contribution < -0.4 is 10.6 Å². The summed E-state index contributed by atoms with van der Waals surface area (Å²) >= 11 is 0. The summed E-state index contributed by atoms with van der Waals surface area (Å²) in [5, 5.41) is 14.7. The van der Waals surface area contributed by atoms with Gasteiger partial charge < -0.3 is 10.6 Å². The van der Waals surface area contributed by atoms with Gasteiger partial charge in [-0.15, -0.1) is 0 Å². The Labute approximate surface area is 134 Å². The average molecular weight is 309 g/mol. The van der Waals surface area contributed by atoms with E-state index in [0.717, 1.165) is 11.1 Å². The summed E-state index contributed by atoms with van der Waals surface area (Å²) in [4.78, 5) is 12.2. The lowest BCUT2D eigenvalue weighted by atomic mass is 10.1. The molecule has 0 heterocycles. The third kappa shape index (κ3) is 4.17. The monoisotopic (exact) mass is 309 g/mol. The van der Waals surface area contributed by atoms with E-state index in [4.69, 9.17) is 5.26 Å². The molecule has 4 nitrogen and oxygen atoms in total. The van der Waals surface area contributed by atoms with Gasteiger partial charge in [0.05, 0.1) is 0 Å². The maximum Gasteiger partial charge on any atom is 0.267 e. The first-order chi connectivity index (χ1) is 11.0. The fraction of sp³-hybridized carbons (Fsp3) is 0.111. The Hall–Kier alpha value is -3.13. The molecular formula is C18H16FN3O. The van der Waals surface area contributed by atoms with Crippen LogP contribution in [0.1, 0.15) is 11.1 Å². The largest absolute Gasteiger partial charge is 0.360 e. The summed E-state index contributed by atoms with van der Waals surface area (Å²) in [7, 11) is 0. The van der Waals surface area contributed by atoms with Crippen molar-refractivity contribution >= 4 is 17.3 Å². The second kappa shape index (κ2) is 7.23. The molecule has 2 aromatic carbocycles. The first kappa shape index (κ1) is 16.2. The first-order valence-corrected chi connectivity index (χ1v) is 7.01. The molecule has 0 aliphatic heterocycles. The Morgan fingerprint density at radius 2 is 1.87 bits per heavy atom. The van der Waals surface area contributed by atoms with E-state index in [9.17, 15) is 9.18 Å². The van der Waals surface area contributed by atoms with Crippen molar-refractivity contribution in [2.24, 2.45) is 0 Å². The number of rotatable bonds is 4. The SMILES string of the molecule is Cc1cccc(NC(=O)/C(C#N)=C\Nc2ccc(F)cc2)c1C. The fourth-order valence-corrected chi connectivity index (χ4v) is 1.93. The highest BCUT2D eigenvalue weighted by molar-refractivity contribution is 6.07. The maximum absolute atomic E-state index is 12.8. The van der Waals surface area contributed by atoms with Crippen LogP contribution in [-0.4, -0.2) is 5.91 Å². The van der Waals surface area contributed by atoms with Gasteiger partial charge in [-0.2, -0.15) is 5.26 Å². The molecule has 0 spiro atoms. The summed E-state index contributed by atoms with van der Waals surface area (Å²) in [5.74, 6) is -0.858. The van der Waals surface area contributed by atoms with Crippen molar-refractivity contribution in [2.75, 3.05) is 10.6 Å². The molecule has 0 atom stereocenters. The first-order valence-electron chi connectivity index (χ1n) is 7.01. The zero-order valence-electron chi connectivity index (χ0n) is 12.9. The van der Waals surface area contributed by atoms with E-state index < -0.39 is 5.91 Å². The predicted molar refractivity (Wildman–Crippen MR) is 88.3 cm³/mol. The molecule has 2 rings (SSSR count). The molecule has 5 heteroatoms. The Morgan fingerprint density at radius 1 is 1.17 bits per heavy atom. The van der Waals surface area contributed by atoms with Crippen LogP contribution in [0.3, 0.4) is 0 Å². The van der Waals surface area contributed by atoms with Crippen LogP contribution in [0.4, 0.5) is 15.8 Å². The summed E-state index contributed by atoms with van der Waals surface area (Å²) in [6.07, 6.45) is 1.30. The molecule has 0 unspecified atom stereocenters. The van der Waals surface area contributed by atoms with Gasteiger partial charge in [0, 0.05) is 17.6 Å². The number of hydrogen-bond donors (Lipinski definition) is 2. The minimum Gasteiger partial charge on any atom is -0.360 e. The minimum atomic E-state index is -0.504. The molecule has 0 saturated heterocycles. The van der Waals surface area contributed by atoms with Gasteiger partial charge in [0.25, 0.3) is 5.91 Å². The van der Waals surface area contributed by atoms with Gasteiger partial charge in [0.1, 0.15) is 17.5 Å². The van der Waals surface area contributed by atoms with E-state index >= 15 is 0 Å². The standard InChI is InChI=1S/C18H16FN3O/c1-12-4-3-5-17(13(12)2)22-18(23)14(10-20)11-21-16-8-6-15(19)7-9-16/h3-9,11,21H,1-2H3,(H,22,23)/b14-11-. The Morgan fingerprint density at radius 3 is 2.52 bits per heavy atom. The van der Waals surface area contributed by atoms with Crippen molar-refractivity contribution in [1.29, 1.82) is 5.26 Å². The lowest BCUT2D eigenvalue weighted by Gasteiger charge is -2.10. The number of aryl methyl sites for hydroxylation is 1. The van der Waals surface area contributed by atoms with Gasteiger partial charge in [-0.3, -0.25) is 4.79 Å². The Bertz CT molecular complexity index is 789. The third-order valence-electron chi connectivity index (χ3n) is 3.45. The van der Waals surface area contributed by atoms with Gasteiger partial charge in [0.15, 0.2) is 0 Å². The van der Waals surface area contributed by atoms with E-state index in [1.807, 2.05) is 32.0 Å². The highest BCUT2D eigenvalue weighted by Crippen LogP contribution is 2.18.